The number of carbonyl (C=O) groups excluding carboxylic acids is 2. The van der Waals surface area contributed by atoms with Crippen molar-refractivity contribution < 1.29 is 24.1 Å². The summed E-state index contributed by atoms with van der Waals surface area (Å²) >= 11 is 0. The molecule has 0 aromatic carbocycles. The number of esters is 1. The molecule has 0 bridgehead atoms. The summed E-state index contributed by atoms with van der Waals surface area (Å²) in [5, 5.41) is 0. The fourth-order valence-corrected chi connectivity index (χ4v) is 1.53. The van der Waals surface area contributed by atoms with Crippen LogP contribution in [-0.4, -0.2) is 25.2 Å². The smallest absolute Gasteiger partial charge is 0.345 e. The molecule has 1 unspecified atom stereocenters. The Kier molecular flexibility index (Phi) is 11.3. The van der Waals surface area contributed by atoms with Crippen molar-refractivity contribution in [3.8, 4) is 0 Å². The lowest BCUT2D eigenvalue weighted by molar-refractivity contribution is -0.273. The maximum absolute atomic E-state index is 11.7. The quantitative estimate of drug-likeness (QED) is 0.251. The van der Waals surface area contributed by atoms with E-state index in [2.05, 4.69) is 9.78 Å². The molecular weight excluding hydrogens is 248 g/mol. The Bertz CT molecular complexity index is 252. The largest absolute Gasteiger partial charge is 0.466 e. The first kappa shape index (κ1) is 17.9. The van der Waals surface area contributed by atoms with Gasteiger partial charge in [-0.15, -0.1) is 0 Å². The van der Waals surface area contributed by atoms with Crippen molar-refractivity contribution in [2.45, 2.75) is 59.3 Å². The second-order valence-corrected chi connectivity index (χ2v) is 4.43. The van der Waals surface area contributed by atoms with E-state index in [1.165, 1.54) is 0 Å². The zero-order valence-corrected chi connectivity index (χ0v) is 12.3. The van der Waals surface area contributed by atoms with Crippen LogP contribution in [0.2, 0.25) is 0 Å². The lowest BCUT2D eigenvalue weighted by atomic mass is 9.99. The Morgan fingerprint density at radius 2 is 1.74 bits per heavy atom. The van der Waals surface area contributed by atoms with E-state index in [9.17, 15) is 9.59 Å². The minimum atomic E-state index is -0.484. The van der Waals surface area contributed by atoms with Gasteiger partial charge in [-0.25, -0.2) is 4.79 Å². The molecule has 0 aliphatic carbocycles. The van der Waals surface area contributed by atoms with Crippen molar-refractivity contribution in [1.82, 2.24) is 0 Å². The topological polar surface area (TPSA) is 61.8 Å². The molecule has 0 radical (unpaired) electrons. The van der Waals surface area contributed by atoms with Gasteiger partial charge in [0.2, 0.25) is 0 Å². The molecule has 0 saturated heterocycles. The Morgan fingerprint density at radius 3 is 2.32 bits per heavy atom. The summed E-state index contributed by atoms with van der Waals surface area (Å²) in [6.07, 6.45) is 4.33. The Hall–Kier alpha value is -1.10. The number of unbranched alkanes of at least 4 members (excludes halogenated alkanes) is 2. The number of rotatable bonds is 11. The second kappa shape index (κ2) is 12.0. The van der Waals surface area contributed by atoms with Crippen LogP contribution in [0.3, 0.4) is 0 Å². The van der Waals surface area contributed by atoms with E-state index in [4.69, 9.17) is 4.74 Å². The highest BCUT2D eigenvalue weighted by Gasteiger charge is 2.24. The molecule has 0 fully saturated rings. The molecule has 1 atom stereocenters. The molecule has 112 valence electrons. The zero-order valence-electron chi connectivity index (χ0n) is 12.3. The van der Waals surface area contributed by atoms with Gasteiger partial charge in [-0.3, -0.25) is 9.68 Å². The van der Waals surface area contributed by atoms with Crippen LogP contribution in [-0.2, 0) is 24.1 Å². The van der Waals surface area contributed by atoms with E-state index < -0.39 is 11.9 Å². The van der Waals surface area contributed by atoms with Gasteiger partial charge in [0.1, 0.15) is 0 Å². The van der Waals surface area contributed by atoms with Crippen LogP contribution in [0, 0.1) is 5.92 Å². The molecule has 0 aliphatic heterocycles. The van der Waals surface area contributed by atoms with Crippen molar-refractivity contribution >= 4 is 11.9 Å². The third-order valence-corrected chi connectivity index (χ3v) is 2.67. The first-order valence-corrected chi connectivity index (χ1v) is 7.14. The number of carbonyl (C=O) groups is 2. The van der Waals surface area contributed by atoms with Gasteiger partial charge in [-0.05, 0) is 19.8 Å². The van der Waals surface area contributed by atoms with Crippen LogP contribution in [0.4, 0.5) is 0 Å². The van der Waals surface area contributed by atoms with Gasteiger partial charge in [0, 0.05) is 0 Å². The third kappa shape index (κ3) is 9.47. The average Bonchev–Trinajstić information content (AvgIpc) is 2.41. The van der Waals surface area contributed by atoms with Crippen molar-refractivity contribution in [3.63, 3.8) is 0 Å². The molecule has 0 saturated carbocycles. The third-order valence-electron chi connectivity index (χ3n) is 2.67. The van der Waals surface area contributed by atoms with Crippen LogP contribution < -0.4 is 0 Å². The first-order chi connectivity index (χ1) is 9.15. The number of hydrogen-bond acceptors (Lipinski definition) is 5. The van der Waals surface area contributed by atoms with Crippen LogP contribution in [0.5, 0.6) is 0 Å². The summed E-state index contributed by atoms with van der Waals surface area (Å²) in [4.78, 5) is 32.6. The van der Waals surface area contributed by atoms with Crippen molar-refractivity contribution in [3.05, 3.63) is 0 Å². The SMILES string of the molecule is CCCCOC(=O)CC(CCCC)C(=O)OOCC. The normalized spacial score (nSPS) is 11.9. The lowest BCUT2D eigenvalue weighted by Crippen LogP contribution is -2.22. The van der Waals surface area contributed by atoms with E-state index >= 15 is 0 Å². The highest BCUT2D eigenvalue weighted by molar-refractivity contribution is 5.79. The predicted octanol–water partition coefficient (Wildman–Crippen LogP) is 3.02. The summed E-state index contributed by atoms with van der Waals surface area (Å²) in [5.41, 5.74) is 0. The van der Waals surface area contributed by atoms with Crippen LogP contribution in [0.15, 0.2) is 0 Å². The maximum atomic E-state index is 11.7. The summed E-state index contributed by atoms with van der Waals surface area (Å²) in [6.45, 7) is 6.50. The summed E-state index contributed by atoms with van der Waals surface area (Å²) in [5.74, 6) is -1.30. The van der Waals surface area contributed by atoms with E-state index in [-0.39, 0.29) is 12.4 Å². The second-order valence-electron chi connectivity index (χ2n) is 4.43. The first-order valence-electron chi connectivity index (χ1n) is 7.14. The van der Waals surface area contributed by atoms with Crippen molar-refractivity contribution in [2.24, 2.45) is 5.92 Å². The van der Waals surface area contributed by atoms with E-state index in [1.807, 2.05) is 13.8 Å². The van der Waals surface area contributed by atoms with Crippen LogP contribution >= 0.6 is 0 Å². The van der Waals surface area contributed by atoms with Crippen LogP contribution in [0.1, 0.15) is 59.3 Å². The van der Waals surface area contributed by atoms with Crippen LogP contribution in [0.25, 0.3) is 0 Å². The Labute approximate surface area is 115 Å². The van der Waals surface area contributed by atoms with Gasteiger partial charge in [0.15, 0.2) is 0 Å². The molecule has 0 aromatic heterocycles. The molecule has 5 heteroatoms. The minimum absolute atomic E-state index is 0.0651. The fourth-order valence-electron chi connectivity index (χ4n) is 1.53. The molecule has 0 rings (SSSR count). The van der Waals surface area contributed by atoms with E-state index in [0.717, 1.165) is 25.7 Å². The van der Waals surface area contributed by atoms with Gasteiger partial charge in [0.25, 0.3) is 0 Å². The Morgan fingerprint density at radius 1 is 1.05 bits per heavy atom. The van der Waals surface area contributed by atoms with Crippen molar-refractivity contribution in [1.29, 1.82) is 0 Å². The van der Waals surface area contributed by atoms with Gasteiger partial charge in [0.05, 0.1) is 25.6 Å². The Balaban J connectivity index is 4.16. The molecule has 0 aromatic rings. The van der Waals surface area contributed by atoms with Gasteiger partial charge < -0.3 is 4.74 Å². The van der Waals surface area contributed by atoms with Gasteiger partial charge >= 0.3 is 11.9 Å². The summed E-state index contributed by atoms with van der Waals surface area (Å²) in [7, 11) is 0. The molecule has 0 N–H and O–H groups in total. The molecular formula is C14H26O5. The predicted molar refractivity (Wildman–Crippen MR) is 71.2 cm³/mol. The molecule has 0 amide bonds. The highest BCUT2D eigenvalue weighted by Crippen LogP contribution is 2.16. The van der Waals surface area contributed by atoms with E-state index in [0.29, 0.717) is 19.6 Å². The van der Waals surface area contributed by atoms with E-state index in [1.54, 1.807) is 6.92 Å². The van der Waals surface area contributed by atoms with Gasteiger partial charge in [-0.1, -0.05) is 33.1 Å². The summed E-state index contributed by atoms with van der Waals surface area (Å²) in [6, 6.07) is 0. The average molecular weight is 274 g/mol. The zero-order chi connectivity index (χ0) is 14.5. The fraction of sp³-hybridized carbons (Fsp3) is 0.857. The van der Waals surface area contributed by atoms with Gasteiger partial charge in [-0.2, -0.15) is 4.89 Å². The maximum Gasteiger partial charge on any atom is 0.345 e. The highest BCUT2D eigenvalue weighted by atomic mass is 17.2. The molecule has 19 heavy (non-hydrogen) atoms. The number of hydrogen-bond donors (Lipinski definition) is 0. The molecule has 0 spiro atoms. The standard InChI is InChI=1S/C14H26O5/c1-4-7-9-12(14(16)19-18-6-3)11-13(15)17-10-8-5-2/h12H,4-11H2,1-3H3. The minimum Gasteiger partial charge on any atom is -0.466 e. The monoisotopic (exact) mass is 274 g/mol. The summed E-state index contributed by atoms with van der Waals surface area (Å²) < 4.78 is 5.06. The lowest BCUT2D eigenvalue weighted by Gasteiger charge is -2.13. The number of ether oxygens (including phenoxy) is 1. The van der Waals surface area contributed by atoms with Crippen molar-refractivity contribution in [2.75, 3.05) is 13.2 Å². The molecule has 0 aliphatic rings. The molecule has 0 heterocycles. The molecule has 5 nitrogen and oxygen atoms in total.